The molecule has 0 unspecified atom stereocenters. The second-order valence-electron chi connectivity index (χ2n) is 9.27. The van der Waals surface area contributed by atoms with Crippen LogP contribution in [0.5, 0.6) is 28.7 Å². The molecule has 0 saturated carbocycles. The Morgan fingerprint density at radius 1 is 0.833 bits per heavy atom. The summed E-state index contributed by atoms with van der Waals surface area (Å²) in [5, 5.41) is 60.7. The SMILES string of the molecule is COC(=O)C[C@@H](c1ccc(-c2cccc(C(=O)O)c2)o1)c1c(O)cc(O)c2c(=O)c(O)c(-c3ccc(O)c(O)c3)oc12. The highest BCUT2D eigenvalue weighted by atomic mass is 16.5. The van der Waals surface area contributed by atoms with Crippen molar-refractivity contribution in [3.63, 3.8) is 0 Å². The number of carboxylic acid groups (broad SMARTS) is 1. The quantitative estimate of drug-likeness (QED) is 0.116. The van der Waals surface area contributed by atoms with Crippen LogP contribution in [0, 0.1) is 0 Å². The summed E-state index contributed by atoms with van der Waals surface area (Å²) in [6.07, 6.45) is -0.439. The number of hydrogen-bond acceptors (Lipinski definition) is 11. The number of furan rings is 1. The Morgan fingerprint density at radius 3 is 2.29 bits per heavy atom. The molecule has 0 bridgehead atoms. The molecule has 3 aromatic carbocycles. The van der Waals surface area contributed by atoms with E-state index in [-0.39, 0.29) is 28.2 Å². The number of fused-ring (bicyclic) bond motifs is 1. The number of methoxy groups -OCH3 is 1. The van der Waals surface area contributed by atoms with E-state index in [1.165, 1.54) is 36.4 Å². The fraction of sp³-hybridized carbons (Fsp3) is 0.100. The van der Waals surface area contributed by atoms with E-state index in [0.29, 0.717) is 5.56 Å². The smallest absolute Gasteiger partial charge is 0.335 e. The monoisotopic (exact) mass is 574 g/mol. The van der Waals surface area contributed by atoms with Crippen molar-refractivity contribution in [1.29, 1.82) is 0 Å². The number of aromatic hydroxyl groups is 5. The van der Waals surface area contributed by atoms with Crippen LogP contribution in [0.15, 0.2) is 74.3 Å². The molecule has 5 rings (SSSR count). The molecule has 2 heterocycles. The van der Waals surface area contributed by atoms with Gasteiger partial charge in [-0.1, -0.05) is 12.1 Å². The molecule has 0 fully saturated rings. The Balaban J connectivity index is 1.76. The maximum absolute atomic E-state index is 13.2. The van der Waals surface area contributed by atoms with E-state index in [1.54, 1.807) is 6.07 Å². The van der Waals surface area contributed by atoms with E-state index in [1.807, 2.05) is 0 Å². The molecule has 6 N–H and O–H groups in total. The van der Waals surface area contributed by atoms with Crippen molar-refractivity contribution in [3.05, 3.63) is 87.8 Å². The molecule has 1 atom stereocenters. The Morgan fingerprint density at radius 2 is 1.60 bits per heavy atom. The number of rotatable bonds is 7. The predicted molar refractivity (Wildman–Crippen MR) is 146 cm³/mol. The molecular weight excluding hydrogens is 552 g/mol. The molecule has 12 nitrogen and oxygen atoms in total. The Labute approximate surface area is 235 Å². The van der Waals surface area contributed by atoms with Crippen LogP contribution in [0.2, 0.25) is 0 Å². The highest BCUT2D eigenvalue weighted by Crippen LogP contribution is 2.45. The maximum Gasteiger partial charge on any atom is 0.335 e. The predicted octanol–water partition coefficient (Wildman–Crippen LogP) is 4.64. The first-order chi connectivity index (χ1) is 20.0. The lowest BCUT2D eigenvalue weighted by molar-refractivity contribution is -0.140. The summed E-state index contributed by atoms with van der Waals surface area (Å²) in [5.74, 6) is -6.51. The average Bonchev–Trinajstić information content (AvgIpc) is 3.45. The maximum atomic E-state index is 13.2. The molecule has 0 amide bonds. The zero-order valence-electron chi connectivity index (χ0n) is 21.7. The van der Waals surface area contributed by atoms with Gasteiger partial charge in [-0.3, -0.25) is 9.59 Å². The van der Waals surface area contributed by atoms with Crippen molar-refractivity contribution < 1.29 is 53.8 Å². The molecule has 0 spiro atoms. The lowest BCUT2D eigenvalue weighted by atomic mass is 9.90. The molecule has 0 aliphatic rings. The fourth-order valence-electron chi connectivity index (χ4n) is 4.64. The molecule has 214 valence electrons. The first-order valence-corrected chi connectivity index (χ1v) is 12.3. The molecule has 12 heteroatoms. The van der Waals surface area contributed by atoms with Gasteiger partial charge in [0.2, 0.25) is 11.2 Å². The Bertz CT molecular complexity index is 1930. The number of benzene rings is 3. The normalized spacial score (nSPS) is 11.8. The summed E-state index contributed by atoms with van der Waals surface area (Å²) in [4.78, 5) is 37.2. The number of carboxylic acids is 1. The van der Waals surface area contributed by atoms with E-state index in [2.05, 4.69) is 0 Å². The van der Waals surface area contributed by atoms with E-state index in [0.717, 1.165) is 25.3 Å². The summed E-state index contributed by atoms with van der Waals surface area (Å²) in [5.41, 5.74) is -1.28. The largest absolute Gasteiger partial charge is 0.507 e. The number of carbonyl (C=O) groups is 2. The number of phenolic OH excluding ortho intramolecular Hbond substituents is 4. The second-order valence-corrected chi connectivity index (χ2v) is 9.27. The van der Waals surface area contributed by atoms with Crippen molar-refractivity contribution in [1.82, 2.24) is 0 Å². The molecular formula is C30H22O12. The van der Waals surface area contributed by atoms with Gasteiger partial charge < -0.3 is 44.2 Å². The van der Waals surface area contributed by atoms with Crippen molar-refractivity contribution in [3.8, 4) is 51.4 Å². The molecule has 2 aromatic heterocycles. The van der Waals surface area contributed by atoms with Gasteiger partial charge in [-0.05, 0) is 42.5 Å². The van der Waals surface area contributed by atoms with Gasteiger partial charge in [-0.15, -0.1) is 0 Å². The van der Waals surface area contributed by atoms with Crippen LogP contribution >= 0.6 is 0 Å². The highest BCUT2D eigenvalue weighted by molar-refractivity contribution is 5.92. The lowest BCUT2D eigenvalue weighted by Crippen LogP contribution is -2.12. The van der Waals surface area contributed by atoms with Gasteiger partial charge in [0, 0.05) is 22.8 Å². The van der Waals surface area contributed by atoms with Crippen molar-refractivity contribution in [2.24, 2.45) is 0 Å². The van der Waals surface area contributed by atoms with E-state index in [4.69, 9.17) is 13.6 Å². The van der Waals surface area contributed by atoms with Crippen LogP contribution in [-0.2, 0) is 9.53 Å². The van der Waals surface area contributed by atoms with Gasteiger partial charge >= 0.3 is 11.9 Å². The summed E-state index contributed by atoms with van der Waals surface area (Å²) in [6, 6.07) is 13.1. The molecule has 42 heavy (non-hydrogen) atoms. The van der Waals surface area contributed by atoms with Crippen molar-refractivity contribution in [2.45, 2.75) is 12.3 Å². The molecule has 0 saturated heterocycles. The summed E-state index contributed by atoms with van der Waals surface area (Å²) in [6.45, 7) is 0. The topological polar surface area (TPSA) is 208 Å². The fourth-order valence-corrected chi connectivity index (χ4v) is 4.64. The van der Waals surface area contributed by atoms with E-state index >= 15 is 0 Å². The van der Waals surface area contributed by atoms with Crippen molar-refractivity contribution in [2.75, 3.05) is 7.11 Å². The Kier molecular flexibility index (Phi) is 6.96. The number of hydrogen-bond donors (Lipinski definition) is 6. The number of esters is 1. The zero-order valence-corrected chi connectivity index (χ0v) is 21.7. The highest BCUT2D eigenvalue weighted by Gasteiger charge is 2.32. The van der Waals surface area contributed by atoms with Crippen LogP contribution in [0.1, 0.15) is 34.0 Å². The second kappa shape index (κ2) is 10.6. The summed E-state index contributed by atoms with van der Waals surface area (Å²) in [7, 11) is 1.15. The van der Waals surface area contributed by atoms with Crippen LogP contribution in [-0.4, -0.2) is 49.7 Å². The van der Waals surface area contributed by atoms with Gasteiger partial charge in [0.05, 0.1) is 25.0 Å². The number of carbonyl (C=O) groups excluding carboxylic acids is 1. The standard InChI is InChI=1S/C30H22O12/c1-40-23(35)11-16(22-8-7-21(41-22)13-3-2-4-15(9-13)30(38)39)24-19(33)12-20(34)25-26(36)27(37)28(42-29(24)25)14-5-6-17(31)18(32)10-14/h2-10,12,16,31-34,37H,11H2,1H3,(H,38,39)/t16-/m0/s1. The first-order valence-electron chi connectivity index (χ1n) is 12.3. The molecule has 0 aliphatic heterocycles. The molecule has 0 aliphatic carbocycles. The molecule has 0 radical (unpaired) electrons. The third kappa shape index (κ3) is 4.81. The molecule has 5 aromatic rings. The van der Waals surface area contributed by atoms with Gasteiger partial charge in [-0.2, -0.15) is 0 Å². The average molecular weight is 574 g/mol. The van der Waals surface area contributed by atoms with Gasteiger partial charge in [0.15, 0.2) is 17.3 Å². The van der Waals surface area contributed by atoms with Crippen LogP contribution in [0.25, 0.3) is 33.6 Å². The minimum atomic E-state index is -1.18. The third-order valence-corrected chi connectivity index (χ3v) is 6.69. The lowest BCUT2D eigenvalue weighted by Gasteiger charge is -2.18. The number of ether oxygens (including phenoxy) is 1. The first kappa shape index (κ1) is 27.6. The van der Waals surface area contributed by atoms with Crippen LogP contribution < -0.4 is 5.43 Å². The zero-order chi connectivity index (χ0) is 30.3. The van der Waals surface area contributed by atoms with Gasteiger partial charge in [0.25, 0.3) is 0 Å². The summed E-state index contributed by atoms with van der Waals surface area (Å²) < 4.78 is 16.7. The minimum absolute atomic E-state index is 0.00751. The van der Waals surface area contributed by atoms with E-state index in [9.17, 15) is 45.0 Å². The minimum Gasteiger partial charge on any atom is -0.507 e. The van der Waals surface area contributed by atoms with E-state index < -0.39 is 75.2 Å². The summed E-state index contributed by atoms with van der Waals surface area (Å²) >= 11 is 0. The Hall–Kier alpha value is -5.91. The van der Waals surface area contributed by atoms with Gasteiger partial charge in [0.1, 0.15) is 34.0 Å². The van der Waals surface area contributed by atoms with Gasteiger partial charge in [-0.25, -0.2) is 4.79 Å². The van der Waals surface area contributed by atoms with Crippen molar-refractivity contribution >= 4 is 22.9 Å². The van der Waals surface area contributed by atoms with Crippen LogP contribution in [0.3, 0.4) is 0 Å². The third-order valence-electron chi connectivity index (χ3n) is 6.69. The number of aromatic carboxylic acids is 1. The van der Waals surface area contributed by atoms with Crippen LogP contribution in [0.4, 0.5) is 0 Å². The number of phenols is 4.